The number of ether oxygens (including phenoxy) is 6. The number of unbranched alkanes of at least 4 members (excludes halogenated alkanes) is 12. The van der Waals surface area contributed by atoms with E-state index in [1.54, 1.807) is 0 Å². The van der Waals surface area contributed by atoms with Crippen molar-refractivity contribution in [2.24, 2.45) is 17.2 Å². The predicted molar refractivity (Wildman–Crippen MR) is 177 cm³/mol. The van der Waals surface area contributed by atoms with E-state index in [2.05, 4.69) is 6.92 Å². The maximum atomic E-state index is 10.6. The van der Waals surface area contributed by atoms with Crippen LogP contribution in [-0.4, -0.2) is 154 Å². The van der Waals surface area contributed by atoms with Crippen LogP contribution >= 0.6 is 0 Å². The molecule has 13 N–H and O–H groups in total. The molecule has 0 amide bonds. The van der Waals surface area contributed by atoms with Gasteiger partial charge < -0.3 is 81.4 Å². The minimum absolute atomic E-state index is 0.156. The Morgan fingerprint density at radius 2 is 0.837 bits per heavy atom. The molecule has 16 heteroatoms. The number of rotatable bonds is 22. The molecule has 0 saturated carbocycles. The third kappa shape index (κ3) is 12.8. The number of nitrogens with two attached hydrogens (primary N) is 3. The second-order valence-electron chi connectivity index (χ2n) is 13.7. The molecule has 0 spiro atoms. The first-order valence-corrected chi connectivity index (χ1v) is 18.3. The van der Waals surface area contributed by atoms with E-state index in [9.17, 15) is 35.7 Å². The highest BCUT2D eigenvalue weighted by Crippen LogP contribution is 2.27. The average molecular weight is 712 g/mol. The molecule has 3 aliphatic heterocycles. The lowest BCUT2D eigenvalue weighted by atomic mass is 9.96. The van der Waals surface area contributed by atoms with Crippen molar-refractivity contribution in [3.8, 4) is 0 Å². The van der Waals surface area contributed by atoms with Crippen molar-refractivity contribution in [1.29, 1.82) is 0 Å². The quantitative estimate of drug-likeness (QED) is 0.0569. The first-order chi connectivity index (χ1) is 23.5. The molecule has 0 radical (unpaired) electrons. The lowest BCUT2D eigenvalue weighted by Gasteiger charge is -2.44. The molecule has 0 aromatic heterocycles. The maximum Gasteiger partial charge on any atom is 0.186 e. The van der Waals surface area contributed by atoms with Crippen LogP contribution in [0.25, 0.3) is 0 Å². The first kappa shape index (κ1) is 42.8. The summed E-state index contributed by atoms with van der Waals surface area (Å²) in [5.41, 5.74) is 17.7. The number of hydrogen-bond acceptors (Lipinski definition) is 16. The summed E-state index contributed by atoms with van der Waals surface area (Å²) >= 11 is 0. The Hall–Kier alpha value is -0.640. The Kier molecular flexibility index (Phi) is 19.6. The van der Waals surface area contributed by atoms with Crippen LogP contribution in [0.1, 0.15) is 90.4 Å². The zero-order valence-corrected chi connectivity index (χ0v) is 29.0. The number of hydrogen-bond donors (Lipinski definition) is 10. The van der Waals surface area contributed by atoms with Gasteiger partial charge in [-0.05, 0) is 6.42 Å². The summed E-state index contributed by atoms with van der Waals surface area (Å²) in [7, 11) is 0. The van der Waals surface area contributed by atoms with Crippen LogP contribution in [0, 0.1) is 0 Å². The minimum Gasteiger partial charge on any atom is -0.388 e. The standard InChI is InChI=1S/C33H65N3O13/c1-2-3-4-5-6-7-8-9-10-11-12-13-14-15-44-31-22(35)27(40)25(38)20(48-31)17-45-32-23(36)28(41)26(39)21(49-32)18-46-33-30(43)29(42)24(37)19(16-34)47-33/h19-33,37-43H,2-18,34-36H2,1H3/t19-,20-,21-,22-,23-,24+,25+,26+,27-,28-,29+,30-,31?,32?,33?/m1/s1. The molecule has 0 bridgehead atoms. The Morgan fingerprint density at radius 3 is 1.31 bits per heavy atom. The van der Waals surface area contributed by atoms with Gasteiger partial charge in [-0.2, -0.15) is 0 Å². The summed E-state index contributed by atoms with van der Waals surface area (Å²) in [6.07, 6.45) is -1.58. The summed E-state index contributed by atoms with van der Waals surface area (Å²) in [6, 6.07) is -2.20. The molecule has 16 nitrogen and oxygen atoms in total. The molecule has 15 atom stereocenters. The first-order valence-electron chi connectivity index (χ1n) is 18.3. The lowest BCUT2D eigenvalue weighted by molar-refractivity contribution is -0.322. The van der Waals surface area contributed by atoms with Crippen LogP contribution in [0.3, 0.4) is 0 Å². The fraction of sp³-hybridized carbons (Fsp3) is 1.00. The summed E-state index contributed by atoms with van der Waals surface area (Å²) in [4.78, 5) is 0. The van der Waals surface area contributed by atoms with Crippen molar-refractivity contribution in [3.05, 3.63) is 0 Å². The molecule has 3 heterocycles. The third-order valence-corrected chi connectivity index (χ3v) is 9.78. The Morgan fingerprint density at radius 1 is 0.449 bits per heavy atom. The largest absolute Gasteiger partial charge is 0.388 e. The van der Waals surface area contributed by atoms with Crippen LogP contribution in [0.4, 0.5) is 0 Å². The highest BCUT2D eigenvalue weighted by molar-refractivity contribution is 4.95. The van der Waals surface area contributed by atoms with Gasteiger partial charge in [0.2, 0.25) is 0 Å². The molecule has 3 unspecified atom stereocenters. The van der Waals surface area contributed by atoms with E-state index < -0.39 is 98.6 Å². The second-order valence-corrected chi connectivity index (χ2v) is 13.7. The summed E-state index contributed by atoms with van der Waals surface area (Å²) in [5, 5.41) is 72.7. The normalized spacial score (nSPS) is 40.1. The van der Waals surface area contributed by atoms with Gasteiger partial charge in [-0.1, -0.05) is 84.0 Å². The maximum absolute atomic E-state index is 10.6. The van der Waals surface area contributed by atoms with Crippen LogP contribution in [-0.2, 0) is 28.4 Å². The van der Waals surface area contributed by atoms with Crippen molar-refractivity contribution in [2.75, 3.05) is 26.4 Å². The Bertz CT molecular complexity index is 882. The van der Waals surface area contributed by atoms with Gasteiger partial charge in [-0.3, -0.25) is 0 Å². The van der Waals surface area contributed by atoms with Crippen LogP contribution in [0.15, 0.2) is 0 Å². The fourth-order valence-electron chi connectivity index (χ4n) is 6.43. The summed E-state index contributed by atoms with van der Waals surface area (Å²) < 4.78 is 34.2. The molecule has 3 rings (SSSR count). The lowest BCUT2D eigenvalue weighted by Crippen LogP contribution is -2.65. The van der Waals surface area contributed by atoms with E-state index in [-0.39, 0.29) is 13.2 Å². The minimum atomic E-state index is -1.62. The molecule has 0 aromatic carbocycles. The monoisotopic (exact) mass is 711 g/mol. The molecular formula is C33H65N3O13. The van der Waals surface area contributed by atoms with Gasteiger partial charge in [0.15, 0.2) is 18.9 Å². The third-order valence-electron chi connectivity index (χ3n) is 9.78. The van der Waals surface area contributed by atoms with Crippen molar-refractivity contribution in [1.82, 2.24) is 0 Å². The SMILES string of the molecule is CCCCCCCCCCCCCCCOC1O[C@H](COC2O[C@H](COC3O[C@H](CN)[C@H](O)[C@H](O)[C@H]3O)[C@H](O)[C@H](O)[C@H]2N)[C@H](O)[C@H](O)[C@H]1N. The van der Waals surface area contributed by atoms with E-state index in [1.165, 1.54) is 64.2 Å². The molecule has 3 saturated heterocycles. The zero-order valence-electron chi connectivity index (χ0n) is 29.0. The van der Waals surface area contributed by atoms with E-state index >= 15 is 0 Å². The van der Waals surface area contributed by atoms with Gasteiger partial charge >= 0.3 is 0 Å². The molecule has 0 aliphatic carbocycles. The predicted octanol–water partition coefficient (Wildman–Crippen LogP) is -1.56. The zero-order chi connectivity index (χ0) is 35.9. The number of aliphatic hydroxyl groups excluding tert-OH is 7. The molecule has 290 valence electrons. The topological polar surface area (TPSA) is 275 Å². The van der Waals surface area contributed by atoms with Gasteiger partial charge in [-0.15, -0.1) is 0 Å². The smallest absolute Gasteiger partial charge is 0.186 e. The molecule has 3 aliphatic rings. The summed E-state index contributed by atoms with van der Waals surface area (Å²) in [6.45, 7) is 1.69. The van der Waals surface area contributed by atoms with Crippen LogP contribution in [0.2, 0.25) is 0 Å². The molecular weight excluding hydrogens is 646 g/mol. The molecule has 0 aromatic rings. The molecule has 3 fully saturated rings. The van der Waals surface area contributed by atoms with Crippen molar-refractivity contribution < 1.29 is 64.2 Å². The highest BCUT2D eigenvalue weighted by Gasteiger charge is 2.48. The van der Waals surface area contributed by atoms with Crippen LogP contribution in [0.5, 0.6) is 0 Å². The highest BCUT2D eigenvalue weighted by atomic mass is 16.7. The van der Waals surface area contributed by atoms with Crippen molar-refractivity contribution in [2.45, 2.75) is 182 Å². The van der Waals surface area contributed by atoms with E-state index in [4.69, 9.17) is 45.6 Å². The Balaban J connectivity index is 1.38. The number of aliphatic hydroxyl groups is 7. The Labute approximate surface area is 290 Å². The van der Waals surface area contributed by atoms with Crippen molar-refractivity contribution in [3.63, 3.8) is 0 Å². The molecule has 49 heavy (non-hydrogen) atoms. The van der Waals surface area contributed by atoms with Crippen molar-refractivity contribution >= 4 is 0 Å². The van der Waals surface area contributed by atoms with Gasteiger partial charge in [0, 0.05) is 13.2 Å². The van der Waals surface area contributed by atoms with Gasteiger partial charge in [-0.25, -0.2) is 0 Å². The van der Waals surface area contributed by atoms with E-state index in [0.29, 0.717) is 6.61 Å². The van der Waals surface area contributed by atoms with Gasteiger partial charge in [0.25, 0.3) is 0 Å². The summed E-state index contributed by atoms with van der Waals surface area (Å²) in [5.74, 6) is 0. The van der Waals surface area contributed by atoms with E-state index in [1.807, 2.05) is 0 Å². The van der Waals surface area contributed by atoms with Gasteiger partial charge in [0.1, 0.15) is 61.0 Å². The van der Waals surface area contributed by atoms with Crippen LogP contribution < -0.4 is 17.2 Å². The average Bonchev–Trinajstić information content (AvgIpc) is 3.10. The fourth-order valence-corrected chi connectivity index (χ4v) is 6.43. The second kappa shape index (κ2) is 22.4. The van der Waals surface area contributed by atoms with Gasteiger partial charge in [0.05, 0.1) is 25.3 Å². The van der Waals surface area contributed by atoms with E-state index in [0.717, 1.165) is 19.3 Å².